The number of rotatable bonds is 4. The average molecular weight is 202 g/mol. The Kier molecular flexibility index (Phi) is 5.14. The van der Waals surface area contributed by atoms with Gasteiger partial charge >= 0.3 is 0 Å². The molecule has 0 aromatic rings. The number of thiol groups is 1. The van der Waals surface area contributed by atoms with Gasteiger partial charge in [-0.05, 0) is 37.8 Å². The molecule has 0 aromatic carbocycles. The lowest BCUT2D eigenvalue weighted by Gasteiger charge is -2.32. The lowest BCUT2D eigenvalue weighted by Crippen LogP contribution is -2.38. The molecule has 3 heteroatoms. The summed E-state index contributed by atoms with van der Waals surface area (Å²) in [7, 11) is 0. The first-order valence-corrected chi connectivity index (χ1v) is 5.76. The van der Waals surface area contributed by atoms with E-state index in [1.165, 1.54) is 32.5 Å². The minimum Gasteiger partial charge on any atom is -0.303 e. The minimum absolute atomic E-state index is 0.805. The van der Waals surface area contributed by atoms with Crippen molar-refractivity contribution in [2.75, 3.05) is 26.2 Å². The van der Waals surface area contributed by atoms with Gasteiger partial charge < -0.3 is 4.90 Å². The first kappa shape index (κ1) is 11.3. The molecule has 0 aromatic heterocycles. The van der Waals surface area contributed by atoms with Crippen LogP contribution in [0, 0.1) is 11.8 Å². The molecule has 0 aliphatic carbocycles. The highest BCUT2D eigenvalue weighted by molar-refractivity contribution is 7.78. The Morgan fingerprint density at radius 1 is 1.38 bits per heavy atom. The van der Waals surface area contributed by atoms with Gasteiger partial charge in [0.2, 0.25) is 0 Å². The van der Waals surface area contributed by atoms with E-state index >= 15 is 0 Å². The van der Waals surface area contributed by atoms with Crippen LogP contribution in [0.4, 0.5) is 0 Å². The van der Waals surface area contributed by atoms with Crippen LogP contribution in [-0.2, 0) is 0 Å². The maximum absolute atomic E-state index is 4.05. The van der Waals surface area contributed by atoms with Gasteiger partial charge in [0.25, 0.3) is 0 Å². The van der Waals surface area contributed by atoms with Gasteiger partial charge in [-0.15, -0.1) is 0 Å². The molecule has 1 rings (SSSR count). The standard InChI is InChI=1S/C10H22N2S/c1-9(2)8-12-5-3-10(4-6-12)7-11-13/h9-11,13H,3-8H2,1-2H3. The summed E-state index contributed by atoms with van der Waals surface area (Å²) in [6.45, 7) is 9.47. The lowest BCUT2D eigenvalue weighted by atomic mass is 9.96. The Bertz CT molecular complexity index is 131. The van der Waals surface area contributed by atoms with Crippen molar-refractivity contribution in [3.8, 4) is 0 Å². The van der Waals surface area contributed by atoms with Crippen molar-refractivity contribution in [1.82, 2.24) is 9.62 Å². The van der Waals surface area contributed by atoms with Crippen molar-refractivity contribution >= 4 is 12.8 Å². The summed E-state index contributed by atoms with van der Waals surface area (Å²) in [4.78, 5) is 2.58. The average Bonchev–Trinajstić information content (AvgIpc) is 2.08. The molecule has 0 bridgehead atoms. The molecule has 1 heterocycles. The second kappa shape index (κ2) is 5.89. The number of hydrogen-bond acceptors (Lipinski definition) is 3. The fourth-order valence-electron chi connectivity index (χ4n) is 2.02. The molecule has 0 amide bonds. The number of piperidine rings is 1. The van der Waals surface area contributed by atoms with Crippen molar-refractivity contribution < 1.29 is 0 Å². The number of nitrogens with zero attached hydrogens (tertiary/aromatic N) is 1. The van der Waals surface area contributed by atoms with Crippen molar-refractivity contribution in [2.45, 2.75) is 26.7 Å². The van der Waals surface area contributed by atoms with E-state index in [1.807, 2.05) is 0 Å². The molecular formula is C10H22N2S. The van der Waals surface area contributed by atoms with Gasteiger partial charge in [0.15, 0.2) is 0 Å². The summed E-state index contributed by atoms with van der Waals surface area (Å²) < 4.78 is 2.97. The van der Waals surface area contributed by atoms with Crippen molar-refractivity contribution in [3.05, 3.63) is 0 Å². The molecule has 0 spiro atoms. The molecule has 1 saturated heterocycles. The smallest absolute Gasteiger partial charge is 0.00854 e. The molecular weight excluding hydrogens is 180 g/mol. The Morgan fingerprint density at radius 2 is 2.00 bits per heavy atom. The van der Waals surface area contributed by atoms with Crippen LogP contribution in [0.1, 0.15) is 26.7 Å². The van der Waals surface area contributed by atoms with Crippen LogP contribution < -0.4 is 4.72 Å². The molecule has 0 atom stereocenters. The second-order valence-electron chi connectivity index (χ2n) is 4.50. The molecule has 0 unspecified atom stereocenters. The molecule has 1 aliphatic heterocycles. The Hall–Kier alpha value is 0.270. The Balaban J connectivity index is 2.15. The normalized spacial score (nSPS) is 21.2. The van der Waals surface area contributed by atoms with Gasteiger partial charge in [0, 0.05) is 13.1 Å². The summed E-state index contributed by atoms with van der Waals surface area (Å²) in [5.74, 6) is 1.65. The fraction of sp³-hybridized carbons (Fsp3) is 1.00. The van der Waals surface area contributed by atoms with E-state index in [4.69, 9.17) is 0 Å². The van der Waals surface area contributed by atoms with E-state index < -0.39 is 0 Å². The van der Waals surface area contributed by atoms with Crippen molar-refractivity contribution in [2.24, 2.45) is 11.8 Å². The highest BCUT2D eigenvalue weighted by Gasteiger charge is 2.18. The third-order valence-electron chi connectivity index (χ3n) is 2.71. The van der Waals surface area contributed by atoms with E-state index in [9.17, 15) is 0 Å². The topological polar surface area (TPSA) is 15.3 Å². The van der Waals surface area contributed by atoms with Gasteiger partial charge in [-0.2, -0.15) is 0 Å². The van der Waals surface area contributed by atoms with Crippen LogP contribution in [-0.4, -0.2) is 31.1 Å². The fourth-order valence-corrected chi connectivity index (χ4v) is 2.28. The summed E-state index contributed by atoms with van der Waals surface area (Å²) in [6.07, 6.45) is 2.67. The SMILES string of the molecule is CC(C)CN1CCC(CNS)CC1. The van der Waals surface area contributed by atoms with E-state index in [1.54, 1.807) is 0 Å². The molecule has 1 N–H and O–H groups in total. The van der Waals surface area contributed by atoms with Gasteiger partial charge in [0.05, 0.1) is 0 Å². The Morgan fingerprint density at radius 3 is 2.46 bits per heavy atom. The van der Waals surface area contributed by atoms with Crippen molar-refractivity contribution in [3.63, 3.8) is 0 Å². The molecule has 13 heavy (non-hydrogen) atoms. The van der Waals surface area contributed by atoms with E-state index in [0.717, 1.165) is 18.4 Å². The Labute approximate surface area is 87.6 Å². The largest absolute Gasteiger partial charge is 0.303 e. The van der Waals surface area contributed by atoms with Gasteiger partial charge in [0.1, 0.15) is 0 Å². The van der Waals surface area contributed by atoms with Crippen LogP contribution in [0.5, 0.6) is 0 Å². The summed E-state index contributed by atoms with van der Waals surface area (Å²) in [6, 6.07) is 0. The van der Waals surface area contributed by atoms with Crippen LogP contribution >= 0.6 is 12.8 Å². The van der Waals surface area contributed by atoms with Gasteiger partial charge in [-0.1, -0.05) is 26.7 Å². The lowest BCUT2D eigenvalue weighted by molar-refractivity contribution is 0.169. The van der Waals surface area contributed by atoms with E-state index in [-0.39, 0.29) is 0 Å². The van der Waals surface area contributed by atoms with E-state index in [0.29, 0.717) is 0 Å². The van der Waals surface area contributed by atoms with Crippen LogP contribution in [0.15, 0.2) is 0 Å². The maximum Gasteiger partial charge on any atom is 0.00854 e. The second-order valence-corrected chi connectivity index (χ2v) is 4.82. The maximum atomic E-state index is 4.05. The summed E-state index contributed by atoms with van der Waals surface area (Å²) in [5, 5.41) is 0. The zero-order valence-electron chi connectivity index (χ0n) is 8.79. The van der Waals surface area contributed by atoms with Crippen LogP contribution in [0.2, 0.25) is 0 Å². The monoisotopic (exact) mass is 202 g/mol. The molecule has 1 aliphatic rings. The van der Waals surface area contributed by atoms with Gasteiger partial charge in [-0.25, -0.2) is 0 Å². The van der Waals surface area contributed by atoms with Crippen molar-refractivity contribution in [1.29, 1.82) is 0 Å². The summed E-state index contributed by atoms with van der Waals surface area (Å²) in [5.41, 5.74) is 0. The van der Waals surface area contributed by atoms with E-state index in [2.05, 4.69) is 36.3 Å². The molecule has 1 fully saturated rings. The third-order valence-corrected chi connectivity index (χ3v) is 2.89. The first-order valence-electron chi connectivity index (χ1n) is 5.31. The zero-order chi connectivity index (χ0) is 9.68. The molecule has 2 nitrogen and oxygen atoms in total. The number of nitrogens with one attached hydrogen (secondary N) is 1. The molecule has 0 radical (unpaired) electrons. The van der Waals surface area contributed by atoms with Crippen LogP contribution in [0.3, 0.4) is 0 Å². The summed E-state index contributed by atoms with van der Waals surface area (Å²) >= 11 is 4.05. The van der Waals surface area contributed by atoms with Crippen LogP contribution in [0.25, 0.3) is 0 Å². The number of likely N-dealkylation sites (tertiary alicyclic amines) is 1. The highest BCUT2D eigenvalue weighted by atomic mass is 32.1. The zero-order valence-corrected chi connectivity index (χ0v) is 9.69. The molecule has 78 valence electrons. The first-order chi connectivity index (χ1) is 6.22. The highest BCUT2D eigenvalue weighted by Crippen LogP contribution is 2.17. The molecule has 0 saturated carbocycles. The predicted molar refractivity (Wildman–Crippen MR) is 61.0 cm³/mol. The quantitative estimate of drug-likeness (QED) is 0.676. The third kappa shape index (κ3) is 4.34. The number of hydrogen-bond donors (Lipinski definition) is 2. The predicted octanol–water partition coefficient (Wildman–Crippen LogP) is 1.79. The minimum atomic E-state index is 0.805. The van der Waals surface area contributed by atoms with Gasteiger partial charge in [-0.3, -0.25) is 4.72 Å².